The van der Waals surface area contributed by atoms with Crippen molar-refractivity contribution in [1.82, 2.24) is 14.7 Å². The highest BCUT2D eigenvalue weighted by Crippen LogP contribution is 2.26. The number of carbonyl (C=O) groups is 1. The molecule has 0 spiro atoms. The summed E-state index contributed by atoms with van der Waals surface area (Å²) in [6, 6.07) is 2.49. The van der Waals surface area contributed by atoms with Gasteiger partial charge in [-0.05, 0) is 39.3 Å². The molecule has 0 unspecified atom stereocenters. The van der Waals surface area contributed by atoms with Crippen molar-refractivity contribution in [1.29, 1.82) is 0 Å². The molecule has 2 atom stereocenters. The molecule has 5 heteroatoms. The first-order valence-electron chi connectivity index (χ1n) is 7.08. The molecule has 0 radical (unpaired) electrons. The number of likely N-dealkylation sites (tertiary alicyclic amines) is 1. The fourth-order valence-electron chi connectivity index (χ4n) is 3.31. The Bertz CT molecular complexity index is 483. The molecule has 2 aliphatic rings. The van der Waals surface area contributed by atoms with Gasteiger partial charge in [0.25, 0.3) is 0 Å². The lowest BCUT2D eigenvalue weighted by atomic mass is 10.1. The molecule has 0 aliphatic carbocycles. The summed E-state index contributed by atoms with van der Waals surface area (Å²) in [5.41, 5.74) is 2.25. The molecular weight excluding hydrogens is 242 g/mol. The van der Waals surface area contributed by atoms with Crippen LogP contribution < -0.4 is 0 Å². The van der Waals surface area contributed by atoms with Gasteiger partial charge in [0.15, 0.2) is 0 Å². The quantitative estimate of drug-likeness (QED) is 0.771. The number of esters is 1. The van der Waals surface area contributed by atoms with Crippen LogP contribution in [0.2, 0.25) is 0 Å². The summed E-state index contributed by atoms with van der Waals surface area (Å²) in [6.07, 6.45) is 3.14. The molecule has 19 heavy (non-hydrogen) atoms. The van der Waals surface area contributed by atoms with Crippen LogP contribution >= 0.6 is 0 Å². The molecule has 2 saturated heterocycles. The van der Waals surface area contributed by atoms with Gasteiger partial charge in [-0.1, -0.05) is 0 Å². The number of cyclic esters (lactones) is 1. The van der Waals surface area contributed by atoms with Crippen LogP contribution in [0.15, 0.2) is 6.07 Å². The average Bonchev–Trinajstić information content (AvgIpc) is 3.02. The number of carbonyl (C=O) groups excluding carboxylic acids is 1. The zero-order valence-corrected chi connectivity index (χ0v) is 11.6. The Morgan fingerprint density at radius 1 is 1.42 bits per heavy atom. The third-order valence-electron chi connectivity index (χ3n) is 4.22. The molecule has 2 aliphatic heterocycles. The van der Waals surface area contributed by atoms with Crippen molar-refractivity contribution in [2.45, 2.75) is 51.7 Å². The van der Waals surface area contributed by atoms with Crippen LogP contribution in [0.3, 0.4) is 0 Å². The molecule has 0 saturated carbocycles. The van der Waals surface area contributed by atoms with Crippen molar-refractivity contribution in [2.24, 2.45) is 0 Å². The first-order chi connectivity index (χ1) is 9.15. The van der Waals surface area contributed by atoms with Crippen molar-refractivity contribution < 1.29 is 9.53 Å². The second-order valence-electron chi connectivity index (χ2n) is 5.62. The Labute approximate surface area is 113 Å². The van der Waals surface area contributed by atoms with Crippen molar-refractivity contribution in [2.75, 3.05) is 13.2 Å². The minimum absolute atomic E-state index is 0.0236. The minimum atomic E-state index is -0.0414. The zero-order valence-electron chi connectivity index (χ0n) is 11.6. The highest BCUT2D eigenvalue weighted by Gasteiger charge is 2.38. The summed E-state index contributed by atoms with van der Waals surface area (Å²) in [5.74, 6) is -0.0414. The third kappa shape index (κ3) is 2.39. The van der Waals surface area contributed by atoms with Crippen LogP contribution in [0.4, 0.5) is 0 Å². The minimum Gasteiger partial charge on any atom is -0.464 e. The SMILES string of the molecule is Cc1cc(C)n(C[C@H]2CCCN2[C@H]2CCOC2=O)n1. The lowest BCUT2D eigenvalue weighted by Crippen LogP contribution is -2.43. The van der Waals surface area contributed by atoms with E-state index >= 15 is 0 Å². The fraction of sp³-hybridized carbons (Fsp3) is 0.714. The van der Waals surface area contributed by atoms with Gasteiger partial charge < -0.3 is 4.74 Å². The molecule has 2 fully saturated rings. The number of hydrogen-bond acceptors (Lipinski definition) is 4. The standard InChI is InChI=1S/C14H21N3O2/c1-10-8-11(2)17(15-10)9-12-4-3-6-16(12)13-5-7-19-14(13)18/h8,12-13H,3-7,9H2,1-2H3/t12-,13+/m1/s1. The van der Waals surface area contributed by atoms with E-state index < -0.39 is 0 Å². The maximum absolute atomic E-state index is 11.7. The highest BCUT2D eigenvalue weighted by molar-refractivity contribution is 5.77. The van der Waals surface area contributed by atoms with Gasteiger partial charge in [0.2, 0.25) is 0 Å². The summed E-state index contributed by atoms with van der Waals surface area (Å²) in [5, 5.41) is 4.53. The predicted molar refractivity (Wildman–Crippen MR) is 70.8 cm³/mol. The van der Waals surface area contributed by atoms with E-state index in [0.29, 0.717) is 12.6 Å². The van der Waals surface area contributed by atoms with Crippen LogP contribution in [0.1, 0.15) is 30.7 Å². The van der Waals surface area contributed by atoms with Crippen molar-refractivity contribution >= 4 is 5.97 Å². The first-order valence-corrected chi connectivity index (χ1v) is 7.08. The second kappa shape index (κ2) is 4.96. The number of nitrogens with zero attached hydrogens (tertiary/aromatic N) is 3. The molecule has 0 amide bonds. The largest absolute Gasteiger partial charge is 0.464 e. The van der Waals surface area contributed by atoms with Gasteiger partial charge in [-0.2, -0.15) is 5.10 Å². The molecule has 104 valence electrons. The lowest BCUT2D eigenvalue weighted by molar-refractivity contribution is -0.142. The zero-order chi connectivity index (χ0) is 13.4. The van der Waals surface area contributed by atoms with Crippen molar-refractivity contribution in [3.63, 3.8) is 0 Å². The molecule has 1 aromatic heterocycles. The van der Waals surface area contributed by atoms with E-state index in [1.54, 1.807) is 0 Å². The fourth-order valence-corrected chi connectivity index (χ4v) is 3.31. The number of aryl methyl sites for hydroxylation is 2. The molecule has 5 nitrogen and oxygen atoms in total. The summed E-state index contributed by atoms with van der Waals surface area (Å²) < 4.78 is 7.17. The van der Waals surface area contributed by atoms with Crippen molar-refractivity contribution in [3.05, 3.63) is 17.5 Å². The Morgan fingerprint density at radius 2 is 2.26 bits per heavy atom. The molecule has 0 N–H and O–H groups in total. The van der Waals surface area contributed by atoms with Gasteiger partial charge in [0.05, 0.1) is 18.8 Å². The predicted octanol–water partition coefficient (Wildman–Crippen LogP) is 1.28. The molecular formula is C14H21N3O2. The molecule has 3 heterocycles. The van der Waals surface area contributed by atoms with E-state index in [4.69, 9.17) is 4.74 Å². The van der Waals surface area contributed by atoms with Gasteiger partial charge in [-0.25, -0.2) is 0 Å². The number of hydrogen-bond donors (Lipinski definition) is 0. The third-order valence-corrected chi connectivity index (χ3v) is 4.22. The van der Waals surface area contributed by atoms with Gasteiger partial charge in [0, 0.05) is 18.2 Å². The summed E-state index contributed by atoms with van der Waals surface area (Å²) in [6.45, 7) is 6.56. The lowest BCUT2D eigenvalue weighted by Gasteiger charge is -2.28. The van der Waals surface area contributed by atoms with Gasteiger partial charge in [-0.15, -0.1) is 0 Å². The average molecular weight is 263 g/mol. The highest BCUT2D eigenvalue weighted by atomic mass is 16.5. The van der Waals surface area contributed by atoms with E-state index in [2.05, 4.69) is 27.7 Å². The summed E-state index contributed by atoms with van der Waals surface area (Å²) in [4.78, 5) is 14.1. The molecule has 0 aromatic carbocycles. The maximum atomic E-state index is 11.7. The van der Waals surface area contributed by atoms with Crippen LogP contribution in [-0.4, -0.2) is 45.9 Å². The van der Waals surface area contributed by atoms with Crippen LogP contribution in [0, 0.1) is 13.8 Å². The Hall–Kier alpha value is -1.36. The Balaban J connectivity index is 1.73. The van der Waals surface area contributed by atoms with Crippen molar-refractivity contribution in [3.8, 4) is 0 Å². The monoisotopic (exact) mass is 263 g/mol. The Kier molecular flexibility index (Phi) is 3.31. The van der Waals surface area contributed by atoms with Crippen LogP contribution in [0.5, 0.6) is 0 Å². The summed E-state index contributed by atoms with van der Waals surface area (Å²) in [7, 11) is 0. The number of ether oxygens (including phenoxy) is 1. The van der Waals surface area contributed by atoms with Gasteiger partial charge in [-0.3, -0.25) is 14.4 Å². The van der Waals surface area contributed by atoms with E-state index in [1.807, 2.05) is 6.92 Å². The number of aromatic nitrogens is 2. The molecule has 0 bridgehead atoms. The maximum Gasteiger partial charge on any atom is 0.323 e. The molecule has 1 aromatic rings. The van der Waals surface area contributed by atoms with Crippen LogP contribution in [-0.2, 0) is 16.1 Å². The van der Waals surface area contributed by atoms with Gasteiger partial charge >= 0.3 is 5.97 Å². The number of rotatable bonds is 3. The van der Waals surface area contributed by atoms with E-state index in [-0.39, 0.29) is 12.0 Å². The summed E-state index contributed by atoms with van der Waals surface area (Å²) >= 11 is 0. The normalized spacial score (nSPS) is 28.0. The smallest absolute Gasteiger partial charge is 0.323 e. The van der Waals surface area contributed by atoms with E-state index in [9.17, 15) is 4.79 Å². The first kappa shape index (κ1) is 12.7. The topological polar surface area (TPSA) is 47.4 Å². The Morgan fingerprint density at radius 3 is 2.89 bits per heavy atom. The van der Waals surface area contributed by atoms with Gasteiger partial charge in [0.1, 0.15) is 6.04 Å². The van der Waals surface area contributed by atoms with Crippen LogP contribution in [0.25, 0.3) is 0 Å². The van der Waals surface area contributed by atoms with E-state index in [1.165, 1.54) is 5.69 Å². The second-order valence-corrected chi connectivity index (χ2v) is 5.62. The molecule has 3 rings (SSSR count). The van der Waals surface area contributed by atoms with E-state index in [0.717, 1.165) is 38.0 Å².